The van der Waals surface area contributed by atoms with Crippen LogP contribution in [0.4, 0.5) is 0 Å². The van der Waals surface area contributed by atoms with E-state index in [0.717, 1.165) is 37.2 Å². The molecule has 0 aromatic carbocycles. The lowest BCUT2D eigenvalue weighted by Gasteiger charge is -2.43. The van der Waals surface area contributed by atoms with E-state index in [1.54, 1.807) is 0 Å². The van der Waals surface area contributed by atoms with Crippen LogP contribution in [0, 0.1) is 0 Å². The van der Waals surface area contributed by atoms with E-state index in [4.69, 9.17) is 18.3 Å². The topological polar surface area (TPSA) is 36.9 Å². The molecule has 2 aliphatic heterocycles. The third-order valence-corrected chi connectivity index (χ3v) is 21.1. The highest BCUT2D eigenvalue weighted by atomic mass is 28.4. The molecular weight excluding hydrogens is 480 g/mol. The van der Waals surface area contributed by atoms with Gasteiger partial charge in [-0.1, -0.05) is 83.1 Å². The summed E-state index contributed by atoms with van der Waals surface area (Å²) in [5, 5.41) is 0. The molecule has 0 aliphatic carbocycles. The monoisotopic (exact) mass is 538 g/mol. The van der Waals surface area contributed by atoms with Gasteiger partial charge in [0.1, 0.15) is 12.2 Å². The molecule has 0 bridgehead atoms. The molecule has 0 unspecified atom stereocenters. The first-order valence-electron chi connectivity index (χ1n) is 14.8. The van der Waals surface area contributed by atoms with Crippen LogP contribution in [0.3, 0.4) is 0 Å². The van der Waals surface area contributed by atoms with E-state index in [0.29, 0.717) is 46.5 Å². The highest BCUT2D eigenvalue weighted by Gasteiger charge is 2.46. The summed E-state index contributed by atoms with van der Waals surface area (Å²) in [4.78, 5) is 0. The molecule has 2 aliphatic rings. The Morgan fingerprint density at radius 1 is 0.583 bits per heavy atom. The van der Waals surface area contributed by atoms with Crippen molar-refractivity contribution in [2.45, 2.75) is 154 Å². The van der Waals surface area contributed by atoms with E-state index in [9.17, 15) is 0 Å². The van der Waals surface area contributed by atoms with Crippen molar-refractivity contribution in [1.82, 2.24) is 0 Å². The lowest BCUT2D eigenvalue weighted by Crippen LogP contribution is -2.49. The van der Waals surface area contributed by atoms with E-state index in [2.05, 4.69) is 95.2 Å². The molecule has 0 fully saturated rings. The van der Waals surface area contributed by atoms with Gasteiger partial charge in [0.05, 0.1) is 13.2 Å². The number of rotatable bonds is 13. The standard InChI is InChI=1S/C30H58O4Si2/c1-21(2)35(22(3)4,23(5)6)31-19-27-15-13-17-29(33-27)30-18-14-16-28(34-30)20-32-36(24(7)8,25(9)10)26(11)12/h17-18,21-28H,13-16,19-20H2,1-12H3/t27-,28-/m1/s1. The minimum absolute atomic E-state index is 0.0946. The van der Waals surface area contributed by atoms with Crippen molar-refractivity contribution >= 4 is 16.6 Å². The first-order chi connectivity index (χ1) is 16.8. The predicted molar refractivity (Wildman–Crippen MR) is 158 cm³/mol. The van der Waals surface area contributed by atoms with Crippen molar-refractivity contribution in [3.05, 3.63) is 23.7 Å². The summed E-state index contributed by atoms with van der Waals surface area (Å²) in [7, 11) is -3.80. The zero-order chi connectivity index (χ0) is 27.3. The molecule has 6 heteroatoms. The Kier molecular flexibility index (Phi) is 11.9. The molecule has 0 aromatic heterocycles. The molecule has 0 radical (unpaired) electrons. The second kappa shape index (κ2) is 13.5. The van der Waals surface area contributed by atoms with Gasteiger partial charge < -0.3 is 18.3 Å². The van der Waals surface area contributed by atoms with Gasteiger partial charge in [-0.05, 0) is 71.1 Å². The van der Waals surface area contributed by atoms with Crippen LogP contribution < -0.4 is 0 Å². The highest BCUT2D eigenvalue weighted by molar-refractivity contribution is 6.78. The zero-order valence-corrected chi connectivity index (χ0v) is 27.6. The van der Waals surface area contributed by atoms with Crippen LogP contribution in [-0.2, 0) is 18.3 Å². The lowest BCUT2D eigenvalue weighted by atomic mass is 10.1. The summed E-state index contributed by atoms with van der Waals surface area (Å²) < 4.78 is 26.7. The lowest BCUT2D eigenvalue weighted by molar-refractivity contribution is 0.00673. The van der Waals surface area contributed by atoms with Crippen LogP contribution in [-0.4, -0.2) is 42.1 Å². The van der Waals surface area contributed by atoms with Crippen molar-refractivity contribution < 1.29 is 18.3 Å². The van der Waals surface area contributed by atoms with Crippen molar-refractivity contribution in [2.24, 2.45) is 0 Å². The van der Waals surface area contributed by atoms with Crippen LogP contribution in [0.15, 0.2) is 23.7 Å². The van der Waals surface area contributed by atoms with Crippen molar-refractivity contribution in [2.75, 3.05) is 13.2 Å². The Morgan fingerprint density at radius 3 is 1.11 bits per heavy atom. The van der Waals surface area contributed by atoms with Gasteiger partial charge in [-0.2, -0.15) is 0 Å². The van der Waals surface area contributed by atoms with E-state index < -0.39 is 16.6 Å². The fourth-order valence-electron chi connectivity index (χ4n) is 7.40. The third-order valence-electron chi connectivity index (χ3n) is 8.92. The van der Waals surface area contributed by atoms with Crippen LogP contribution in [0.25, 0.3) is 0 Å². The Hall–Kier alpha value is -0.566. The minimum Gasteiger partial charge on any atom is -0.485 e. The van der Waals surface area contributed by atoms with Crippen molar-refractivity contribution in [3.63, 3.8) is 0 Å². The maximum atomic E-state index is 6.86. The molecule has 2 rings (SSSR count). The molecule has 2 heterocycles. The highest BCUT2D eigenvalue weighted by Crippen LogP contribution is 2.44. The van der Waals surface area contributed by atoms with Crippen LogP contribution in [0.5, 0.6) is 0 Å². The second-order valence-electron chi connectivity index (χ2n) is 13.0. The average Bonchev–Trinajstić information content (AvgIpc) is 2.79. The fraction of sp³-hybridized carbons (Fsp3) is 0.867. The molecule has 0 saturated heterocycles. The van der Waals surface area contributed by atoms with E-state index >= 15 is 0 Å². The molecule has 0 spiro atoms. The van der Waals surface area contributed by atoms with E-state index in [-0.39, 0.29) is 12.2 Å². The summed E-state index contributed by atoms with van der Waals surface area (Å²) in [6.45, 7) is 29.5. The summed E-state index contributed by atoms with van der Waals surface area (Å²) in [5.74, 6) is 1.82. The zero-order valence-electron chi connectivity index (χ0n) is 25.6. The second-order valence-corrected chi connectivity index (χ2v) is 23.9. The summed E-state index contributed by atoms with van der Waals surface area (Å²) in [5.41, 5.74) is 3.50. The van der Waals surface area contributed by atoms with Gasteiger partial charge in [-0.15, -0.1) is 0 Å². The molecule has 0 aromatic rings. The van der Waals surface area contributed by atoms with Crippen molar-refractivity contribution in [3.8, 4) is 0 Å². The minimum atomic E-state index is -1.90. The van der Waals surface area contributed by atoms with Gasteiger partial charge in [0.2, 0.25) is 16.6 Å². The predicted octanol–water partition coefficient (Wildman–Crippen LogP) is 9.50. The van der Waals surface area contributed by atoms with E-state index in [1.807, 2.05) is 0 Å². The number of allylic oxidation sites excluding steroid dienone is 2. The Labute approximate surface area is 225 Å². The molecule has 0 N–H and O–H groups in total. The number of ether oxygens (including phenoxy) is 2. The normalized spacial score (nSPS) is 21.9. The molecule has 0 amide bonds. The SMILES string of the molecule is CC(C)[Si](OC[C@H]1CCC=C(C2=CCC[C@H](CO[Si](C(C)C)(C(C)C)C(C)C)O2)O1)(C(C)C)C(C)C. The van der Waals surface area contributed by atoms with Crippen LogP contribution >= 0.6 is 0 Å². The van der Waals surface area contributed by atoms with Gasteiger partial charge >= 0.3 is 0 Å². The summed E-state index contributed by atoms with van der Waals surface area (Å²) in [6.07, 6.45) is 8.64. The quantitative estimate of drug-likeness (QED) is 0.219. The average molecular weight is 539 g/mol. The van der Waals surface area contributed by atoms with E-state index in [1.165, 1.54) is 0 Å². The van der Waals surface area contributed by atoms with Gasteiger partial charge in [0.15, 0.2) is 11.5 Å². The largest absolute Gasteiger partial charge is 0.485 e. The number of hydrogen-bond donors (Lipinski definition) is 0. The van der Waals surface area contributed by atoms with Crippen molar-refractivity contribution in [1.29, 1.82) is 0 Å². The molecular formula is C30H58O4Si2. The van der Waals surface area contributed by atoms with Crippen LogP contribution in [0.1, 0.15) is 109 Å². The smallest absolute Gasteiger partial charge is 0.200 e. The first kappa shape index (κ1) is 31.7. The van der Waals surface area contributed by atoms with Gasteiger partial charge in [0.25, 0.3) is 0 Å². The maximum absolute atomic E-state index is 6.86. The summed E-state index contributed by atoms with van der Waals surface area (Å²) in [6, 6.07) is 0. The Morgan fingerprint density at radius 2 is 0.861 bits per heavy atom. The van der Waals surface area contributed by atoms with Gasteiger partial charge in [-0.25, -0.2) is 0 Å². The molecule has 2 atom stereocenters. The van der Waals surface area contributed by atoms with Gasteiger partial charge in [-0.3, -0.25) is 0 Å². The van der Waals surface area contributed by atoms with Crippen LogP contribution in [0.2, 0.25) is 33.2 Å². The first-order valence-corrected chi connectivity index (χ1v) is 19.1. The molecule has 210 valence electrons. The summed E-state index contributed by atoms with van der Waals surface area (Å²) >= 11 is 0. The molecule has 4 nitrogen and oxygen atoms in total. The fourth-order valence-corrected chi connectivity index (χ4v) is 18.3. The Balaban J connectivity index is 2.02. The van der Waals surface area contributed by atoms with Gasteiger partial charge in [0, 0.05) is 0 Å². The third kappa shape index (κ3) is 6.89. The maximum Gasteiger partial charge on any atom is 0.200 e. The Bertz CT molecular complexity index is 634. The molecule has 0 saturated carbocycles. The number of hydrogen-bond acceptors (Lipinski definition) is 4. The molecule has 36 heavy (non-hydrogen) atoms.